The minimum Gasteiger partial charge on any atom is -0.482 e. The molecule has 0 radical (unpaired) electrons. The number of nitrogens with one attached hydrogen (secondary N) is 2. The molecule has 0 unspecified atom stereocenters. The molecule has 4 N–H and O–H groups in total. The highest BCUT2D eigenvalue weighted by Crippen LogP contribution is 2.36. The Bertz CT molecular complexity index is 711. The van der Waals surface area contributed by atoms with Crippen LogP contribution < -0.4 is 21.1 Å². The van der Waals surface area contributed by atoms with Crippen molar-refractivity contribution in [3.05, 3.63) is 40.4 Å². The zero-order valence-electron chi connectivity index (χ0n) is 11.4. The largest absolute Gasteiger partial charge is 0.482 e. The number of anilines is 4. The van der Waals surface area contributed by atoms with E-state index in [2.05, 4.69) is 26.6 Å². The van der Waals surface area contributed by atoms with Crippen LogP contribution in [-0.4, -0.2) is 12.5 Å². The Labute approximate surface area is 130 Å². The maximum absolute atomic E-state index is 11.4. The predicted octanol–water partition coefficient (Wildman–Crippen LogP) is 3.41. The summed E-state index contributed by atoms with van der Waals surface area (Å²) in [4.78, 5) is 11.4. The van der Waals surface area contributed by atoms with Gasteiger partial charge in [0.05, 0.1) is 17.1 Å². The summed E-state index contributed by atoms with van der Waals surface area (Å²) in [6.07, 6.45) is 0. The first-order valence-electron chi connectivity index (χ1n) is 6.41. The van der Waals surface area contributed by atoms with Crippen LogP contribution in [-0.2, 0) is 4.79 Å². The predicted molar refractivity (Wildman–Crippen MR) is 87.1 cm³/mol. The van der Waals surface area contributed by atoms with Crippen LogP contribution in [0.1, 0.15) is 5.56 Å². The highest BCUT2D eigenvalue weighted by molar-refractivity contribution is 9.10. The van der Waals surface area contributed by atoms with Gasteiger partial charge in [0.25, 0.3) is 5.91 Å². The number of carbonyl (C=O) groups excluding carboxylic acids is 1. The molecule has 0 aliphatic carbocycles. The lowest BCUT2D eigenvalue weighted by Gasteiger charge is -2.20. The molecule has 1 heterocycles. The number of rotatable bonds is 2. The van der Waals surface area contributed by atoms with Crippen molar-refractivity contribution in [1.82, 2.24) is 0 Å². The van der Waals surface area contributed by atoms with Crippen molar-refractivity contribution < 1.29 is 9.53 Å². The number of ether oxygens (including phenoxy) is 1. The molecule has 6 heteroatoms. The molecular formula is C15H14BrN3O2. The molecule has 1 aliphatic heterocycles. The van der Waals surface area contributed by atoms with Gasteiger partial charge in [-0.3, -0.25) is 4.79 Å². The second-order valence-electron chi connectivity index (χ2n) is 4.91. The molecular weight excluding hydrogens is 334 g/mol. The van der Waals surface area contributed by atoms with E-state index in [-0.39, 0.29) is 12.5 Å². The normalized spacial score (nSPS) is 13.1. The average molecular weight is 348 g/mol. The lowest BCUT2D eigenvalue weighted by Crippen LogP contribution is -2.25. The van der Waals surface area contributed by atoms with Gasteiger partial charge in [0.15, 0.2) is 6.61 Å². The Morgan fingerprint density at radius 1 is 1.29 bits per heavy atom. The molecule has 0 bridgehead atoms. The second kappa shape index (κ2) is 5.29. The molecule has 0 fully saturated rings. The van der Waals surface area contributed by atoms with Crippen molar-refractivity contribution in [2.75, 3.05) is 23.0 Å². The third-order valence-corrected chi connectivity index (χ3v) is 3.56. The summed E-state index contributed by atoms with van der Waals surface area (Å²) in [5, 5.41) is 6.02. The Morgan fingerprint density at radius 3 is 2.86 bits per heavy atom. The number of halogens is 1. The van der Waals surface area contributed by atoms with E-state index in [4.69, 9.17) is 10.5 Å². The lowest BCUT2D eigenvalue weighted by atomic mass is 10.1. The summed E-state index contributed by atoms with van der Waals surface area (Å²) in [6.45, 7) is 2.03. The minimum absolute atomic E-state index is 0.0179. The van der Waals surface area contributed by atoms with E-state index in [0.29, 0.717) is 17.1 Å². The fourth-order valence-electron chi connectivity index (χ4n) is 2.21. The summed E-state index contributed by atoms with van der Waals surface area (Å²) >= 11 is 3.46. The van der Waals surface area contributed by atoms with Gasteiger partial charge in [0.2, 0.25) is 0 Å². The van der Waals surface area contributed by atoms with Gasteiger partial charge in [-0.15, -0.1) is 0 Å². The zero-order valence-corrected chi connectivity index (χ0v) is 13.0. The smallest absolute Gasteiger partial charge is 0.262 e. The minimum atomic E-state index is -0.170. The highest BCUT2D eigenvalue weighted by Gasteiger charge is 2.18. The number of hydrogen-bond acceptors (Lipinski definition) is 4. The number of hydrogen-bond donors (Lipinski definition) is 3. The van der Waals surface area contributed by atoms with Gasteiger partial charge in [0, 0.05) is 16.2 Å². The number of nitrogen functional groups attached to an aromatic ring is 1. The van der Waals surface area contributed by atoms with Gasteiger partial charge in [0.1, 0.15) is 5.75 Å². The van der Waals surface area contributed by atoms with Gasteiger partial charge in [-0.1, -0.05) is 15.9 Å². The third-order valence-electron chi connectivity index (χ3n) is 3.11. The van der Waals surface area contributed by atoms with Crippen LogP contribution in [0.2, 0.25) is 0 Å². The molecule has 0 saturated carbocycles. The van der Waals surface area contributed by atoms with E-state index in [0.717, 1.165) is 21.4 Å². The molecule has 1 aliphatic rings. The van der Waals surface area contributed by atoms with Crippen LogP contribution in [0.15, 0.2) is 34.8 Å². The molecule has 0 aromatic heterocycles. The second-order valence-corrected chi connectivity index (χ2v) is 5.83. The Morgan fingerprint density at radius 2 is 2.10 bits per heavy atom. The number of fused-ring (bicyclic) bond motifs is 1. The third kappa shape index (κ3) is 2.95. The topological polar surface area (TPSA) is 76.4 Å². The van der Waals surface area contributed by atoms with Crippen molar-refractivity contribution in [2.24, 2.45) is 0 Å². The summed E-state index contributed by atoms with van der Waals surface area (Å²) in [5.74, 6) is 0.416. The number of benzene rings is 2. The van der Waals surface area contributed by atoms with E-state index >= 15 is 0 Å². The van der Waals surface area contributed by atoms with Crippen molar-refractivity contribution in [3.8, 4) is 5.75 Å². The quantitative estimate of drug-likeness (QED) is 0.727. The van der Waals surface area contributed by atoms with Crippen LogP contribution in [0.4, 0.5) is 22.7 Å². The molecule has 108 valence electrons. The SMILES string of the molecule is Cc1cc(Br)cc(Nc2cc3c(cc2N)OCC(=O)N3)c1. The van der Waals surface area contributed by atoms with Gasteiger partial charge in [-0.2, -0.15) is 0 Å². The first-order valence-corrected chi connectivity index (χ1v) is 7.21. The van der Waals surface area contributed by atoms with Crippen molar-refractivity contribution in [1.29, 1.82) is 0 Å². The van der Waals surface area contributed by atoms with Gasteiger partial charge < -0.3 is 21.1 Å². The summed E-state index contributed by atoms with van der Waals surface area (Å²) in [7, 11) is 0. The molecule has 5 nitrogen and oxygen atoms in total. The lowest BCUT2D eigenvalue weighted by molar-refractivity contribution is -0.118. The number of carbonyl (C=O) groups is 1. The van der Waals surface area contributed by atoms with Crippen molar-refractivity contribution in [2.45, 2.75) is 6.92 Å². The van der Waals surface area contributed by atoms with E-state index in [1.807, 2.05) is 25.1 Å². The maximum Gasteiger partial charge on any atom is 0.262 e. The molecule has 2 aromatic rings. The monoisotopic (exact) mass is 347 g/mol. The van der Waals surface area contributed by atoms with E-state index in [1.54, 1.807) is 12.1 Å². The van der Waals surface area contributed by atoms with Crippen LogP contribution in [0.25, 0.3) is 0 Å². The number of nitrogens with two attached hydrogens (primary N) is 1. The Balaban J connectivity index is 1.95. The standard InChI is InChI=1S/C15H14BrN3O2/c1-8-2-9(16)4-10(3-8)18-12-6-13-14(5-11(12)17)21-7-15(20)19-13/h2-6,18H,7,17H2,1H3,(H,19,20). The van der Waals surface area contributed by atoms with E-state index in [1.165, 1.54) is 0 Å². The summed E-state index contributed by atoms with van der Waals surface area (Å²) in [5.41, 5.74) is 9.97. The van der Waals surface area contributed by atoms with Gasteiger partial charge in [-0.05, 0) is 36.8 Å². The van der Waals surface area contributed by atoms with E-state index in [9.17, 15) is 4.79 Å². The van der Waals surface area contributed by atoms with E-state index < -0.39 is 0 Å². The maximum atomic E-state index is 11.4. The van der Waals surface area contributed by atoms with Crippen LogP contribution >= 0.6 is 15.9 Å². The Hall–Kier alpha value is -2.21. The first-order chi connectivity index (χ1) is 10.0. The molecule has 2 aromatic carbocycles. The molecule has 0 saturated heterocycles. The first kappa shape index (κ1) is 13.8. The van der Waals surface area contributed by atoms with Crippen LogP contribution in [0, 0.1) is 6.92 Å². The number of aryl methyl sites for hydroxylation is 1. The average Bonchev–Trinajstić information content (AvgIpc) is 2.39. The summed E-state index contributed by atoms with van der Waals surface area (Å²) < 4.78 is 6.32. The van der Waals surface area contributed by atoms with Gasteiger partial charge >= 0.3 is 0 Å². The fourth-order valence-corrected chi connectivity index (χ4v) is 2.82. The molecule has 1 amide bonds. The van der Waals surface area contributed by atoms with Gasteiger partial charge in [-0.25, -0.2) is 0 Å². The highest BCUT2D eigenvalue weighted by atomic mass is 79.9. The molecule has 0 spiro atoms. The molecule has 21 heavy (non-hydrogen) atoms. The zero-order chi connectivity index (χ0) is 15.0. The van der Waals surface area contributed by atoms with Crippen LogP contribution in [0.3, 0.4) is 0 Å². The molecule has 0 atom stereocenters. The molecule has 3 rings (SSSR count). The summed E-state index contributed by atoms with van der Waals surface area (Å²) in [6, 6.07) is 9.48. The van der Waals surface area contributed by atoms with Crippen LogP contribution in [0.5, 0.6) is 5.75 Å². The number of amides is 1. The Kier molecular flexibility index (Phi) is 3.47. The van der Waals surface area contributed by atoms with Crippen molar-refractivity contribution >= 4 is 44.6 Å². The van der Waals surface area contributed by atoms with Crippen molar-refractivity contribution in [3.63, 3.8) is 0 Å². The fraction of sp³-hybridized carbons (Fsp3) is 0.133.